The van der Waals surface area contributed by atoms with Gasteiger partial charge in [0.2, 0.25) is 0 Å². The standard InChI is InChI=1S/C16H20O5/c1-10-11-7-19-4-3-5-20-8-13(12(11)6-18-2)14-9-21-16(17)15(10)14/h3-9H2,1-2H3. The highest BCUT2D eigenvalue weighted by Crippen LogP contribution is 2.34. The van der Waals surface area contributed by atoms with E-state index in [1.54, 1.807) is 7.11 Å². The van der Waals surface area contributed by atoms with Crippen LogP contribution in [0.4, 0.5) is 0 Å². The molecule has 0 aliphatic carbocycles. The number of methoxy groups -OCH3 is 1. The van der Waals surface area contributed by atoms with Crippen molar-refractivity contribution in [3.05, 3.63) is 33.4 Å². The molecule has 1 aromatic carbocycles. The molecule has 5 nitrogen and oxygen atoms in total. The van der Waals surface area contributed by atoms with E-state index >= 15 is 0 Å². The third-order valence-corrected chi connectivity index (χ3v) is 4.13. The van der Waals surface area contributed by atoms with E-state index in [1.165, 1.54) is 0 Å². The van der Waals surface area contributed by atoms with Crippen LogP contribution in [-0.2, 0) is 45.4 Å². The number of rotatable bonds is 2. The third-order valence-electron chi connectivity index (χ3n) is 4.13. The van der Waals surface area contributed by atoms with Crippen molar-refractivity contribution in [3.8, 4) is 0 Å². The second-order valence-electron chi connectivity index (χ2n) is 5.38. The Hall–Kier alpha value is -1.43. The number of fused-ring (bicyclic) bond motifs is 4. The molecule has 0 amide bonds. The highest BCUT2D eigenvalue weighted by Gasteiger charge is 2.31. The zero-order valence-electron chi connectivity index (χ0n) is 12.5. The summed E-state index contributed by atoms with van der Waals surface area (Å²) in [6.45, 7) is 5.07. The van der Waals surface area contributed by atoms with Crippen LogP contribution in [0.5, 0.6) is 0 Å². The van der Waals surface area contributed by atoms with Gasteiger partial charge in [0.15, 0.2) is 0 Å². The maximum Gasteiger partial charge on any atom is 0.339 e. The van der Waals surface area contributed by atoms with Crippen molar-refractivity contribution in [3.63, 3.8) is 0 Å². The Morgan fingerprint density at radius 3 is 2.48 bits per heavy atom. The lowest BCUT2D eigenvalue weighted by atomic mass is 9.88. The normalized spacial score (nSPS) is 18.3. The number of benzene rings is 1. The summed E-state index contributed by atoms with van der Waals surface area (Å²) in [7, 11) is 1.67. The lowest BCUT2D eigenvalue weighted by Gasteiger charge is -2.22. The van der Waals surface area contributed by atoms with Gasteiger partial charge in [0, 0.05) is 25.9 Å². The average Bonchev–Trinajstić information content (AvgIpc) is 2.85. The molecule has 2 bridgehead atoms. The molecule has 2 heterocycles. The fraction of sp³-hybridized carbons (Fsp3) is 0.562. The van der Waals surface area contributed by atoms with Crippen molar-refractivity contribution in [2.24, 2.45) is 0 Å². The number of cyclic esters (lactones) is 1. The predicted octanol–water partition coefficient (Wildman–Crippen LogP) is 2.25. The first kappa shape index (κ1) is 14.5. The van der Waals surface area contributed by atoms with Crippen molar-refractivity contribution in [2.45, 2.75) is 39.8 Å². The summed E-state index contributed by atoms with van der Waals surface area (Å²) in [6.07, 6.45) is 0.876. The maximum absolute atomic E-state index is 12.0. The minimum atomic E-state index is -0.244. The van der Waals surface area contributed by atoms with Gasteiger partial charge in [-0.05, 0) is 35.6 Å². The highest BCUT2D eigenvalue weighted by molar-refractivity contribution is 5.96. The van der Waals surface area contributed by atoms with Crippen molar-refractivity contribution < 1.29 is 23.7 Å². The van der Waals surface area contributed by atoms with E-state index < -0.39 is 0 Å². The maximum atomic E-state index is 12.0. The van der Waals surface area contributed by atoms with Gasteiger partial charge in [-0.3, -0.25) is 0 Å². The molecule has 0 N–H and O–H groups in total. The van der Waals surface area contributed by atoms with Gasteiger partial charge in [-0.15, -0.1) is 0 Å². The first-order valence-corrected chi connectivity index (χ1v) is 7.21. The summed E-state index contributed by atoms with van der Waals surface area (Å²) in [4.78, 5) is 12.0. The Morgan fingerprint density at radius 2 is 1.76 bits per heavy atom. The summed E-state index contributed by atoms with van der Waals surface area (Å²) in [5, 5.41) is 0. The van der Waals surface area contributed by atoms with E-state index in [0.717, 1.165) is 34.2 Å². The molecule has 0 aromatic heterocycles. The summed E-state index contributed by atoms with van der Waals surface area (Å²) in [6, 6.07) is 0. The Labute approximate surface area is 124 Å². The van der Waals surface area contributed by atoms with E-state index in [-0.39, 0.29) is 5.97 Å². The van der Waals surface area contributed by atoms with Gasteiger partial charge in [0.05, 0.1) is 25.4 Å². The minimum absolute atomic E-state index is 0.244. The van der Waals surface area contributed by atoms with Crippen LogP contribution in [-0.4, -0.2) is 26.3 Å². The molecular formula is C16H20O5. The number of hydrogen-bond donors (Lipinski definition) is 0. The summed E-state index contributed by atoms with van der Waals surface area (Å²) in [5.74, 6) is -0.244. The molecule has 1 aromatic rings. The van der Waals surface area contributed by atoms with Gasteiger partial charge < -0.3 is 18.9 Å². The zero-order chi connectivity index (χ0) is 14.8. The fourth-order valence-electron chi connectivity index (χ4n) is 3.06. The van der Waals surface area contributed by atoms with Crippen molar-refractivity contribution in [2.75, 3.05) is 20.3 Å². The topological polar surface area (TPSA) is 54.0 Å². The van der Waals surface area contributed by atoms with Crippen LogP contribution in [0.3, 0.4) is 0 Å². The number of ether oxygens (including phenoxy) is 4. The van der Waals surface area contributed by atoms with Crippen LogP contribution in [0.15, 0.2) is 0 Å². The smallest absolute Gasteiger partial charge is 0.339 e. The highest BCUT2D eigenvalue weighted by atomic mass is 16.5. The van der Waals surface area contributed by atoms with Gasteiger partial charge in [0.25, 0.3) is 0 Å². The first-order valence-electron chi connectivity index (χ1n) is 7.21. The van der Waals surface area contributed by atoms with Crippen LogP contribution >= 0.6 is 0 Å². The number of hydrogen-bond acceptors (Lipinski definition) is 5. The second kappa shape index (κ2) is 6.13. The molecule has 0 unspecified atom stereocenters. The first-order chi connectivity index (χ1) is 10.2. The molecule has 114 valence electrons. The Bertz CT molecular complexity index is 565. The van der Waals surface area contributed by atoms with Gasteiger partial charge in [-0.2, -0.15) is 0 Å². The van der Waals surface area contributed by atoms with E-state index in [2.05, 4.69) is 0 Å². The second-order valence-corrected chi connectivity index (χ2v) is 5.38. The lowest BCUT2D eigenvalue weighted by Crippen LogP contribution is -2.15. The molecule has 0 saturated heterocycles. The van der Waals surface area contributed by atoms with Crippen LogP contribution in [0, 0.1) is 6.92 Å². The molecule has 3 rings (SSSR count). The molecule has 5 heteroatoms. The Kier molecular flexibility index (Phi) is 4.24. The van der Waals surface area contributed by atoms with Gasteiger partial charge in [-0.25, -0.2) is 4.79 Å². The van der Waals surface area contributed by atoms with E-state index in [9.17, 15) is 4.79 Å². The average molecular weight is 292 g/mol. The molecule has 0 fully saturated rings. The van der Waals surface area contributed by atoms with Crippen LogP contribution in [0.25, 0.3) is 0 Å². The lowest BCUT2D eigenvalue weighted by molar-refractivity contribution is 0.0530. The summed E-state index contributed by atoms with van der Waals surface area (Å²) < 4.78 is 22.0. The van der Waals surface area contributed by atoms with E-state index in [4.69, 9.17) is 18.9 Å². The molecule has 0 atom stereocenters. The van der Waals surface area contributed by atoms with Gasteiger partial charge in [-0.1, -0.05) is 0 Å². The van der Waals surface area contributed by atoms with Crippen molar-refractivity contribution in [1.29, 1.82) is 0 Å². The quantitative estimate of drug-likeness (QED) is 0.783. The van der Waals surface area contributed by atoms with Crippen LogP contribution in [0.1, 0.15) is 44.6 Å². The van der Waals surface area contributed by atoms with Crippen LogP contribution < -0.4 is 0 Å². The zero-order valence-corrected chi connectivity index (χ0v) is 12.5. The SMILES string of the molecule is COCc1c2c(C)c3c(c1COCCCOC2)COC3=O. The summed E-state index contributed by atoms with van der Waals surface area (Å²) >= 11 is 0. The van der Waals surface area contributed by atoms with Gasteiger partial charge in [0.1, 0.15) is 6.61 Å². The largest absolute Gasteiger partial charge is 0.457 e. The van der Waals surface area contributed by atoms with Crippen molar-refractivity contribution in [1.82, 2.24) is 0 Å². The van der Waals surface area contributed by atoms with Crippen molar-refractivity contribution >= 4 is 5.97 Å². The molecule has 21 heavy (non-hydrogen) atoms. The summed E-state index contributed by atoms with van der Waals surface area (Å²) in [5.41, 5.74) is 5.73. The number of esters is 1. The molecule has 2 aliphatic heterocycles. The van der Waals surface area contributed by atoms with E-state index in [0.29, 0.717) is 45.2 Å². The molecule has 0 radical (unpaired) electrons. The fourth-order valence-corrected chi connectivity index (χ4v) is 3.06. The van der Waals surface area contributed by atoms with E-state index in [1.807, 2.05) is 6.92 Å². The number of carbonyl (C=O) groups is 1. The molecule has 2 aliphatic rings. The number of carbonyl (C=O) groups excluding carboxylic acids is 1. The molecule has 0 saturated carbocycles. The predicted molar refractivity (Wildman–Crippen MR) is 74.9 cm³/mol. The third kappa shape index (κ3) is 2.57. The monoisotopic (exact) mass is 292 g/mol. The Balaban J connectivity index is 2.19. The Morgan fingerprint density at radius 1 is 1.05 bits per heavy atom. The molecule has 0 spiro atoms. The van der Waals surface area contributed by atoms with Gasteiger partial charge >= 0.3 is 5.97 Å². The minimum Gasteiger partial charge on any atom is -0.457 e. The molecular weight excluding hydrogens is 272 g/mol. The van der Waals surface area contributed by atoms with Crippen LogP contribution in [0.2, 0.25) is 0 Å².